The molecule has 3 heteroatoms. The van der Waals surface area contributed by atoms with E-state index in [0.717, 1.165) is 31.6 Å². The number of hydrogen-bond donors (Lipinski definition) is 1. The highest BCUT2D eigenvalue weighted by atomic mass is 16.5. The molecule has 0 saturated carbocycles. The monoisotopic (exact) mass is 288 g/mol. The van der Waals surface area contributed by atoms with Crippen LogP contribution in [0.2, 0.25) is 0 Å². The number of rotatable bonds is 9. The zero-order valence-electron chi connectivity index (χ0n) is 13.8. The van der Waals surface area contributed by atoms with Gasteiger partial charge in [-0.2, -0.15) is 5.26 Å². The summed E-state index contributed by atoms with van der Waals surface area (Å²) >= 11 is 0. The van der Waals surface area contributed by atoms with Crippen LogP contribution in [-0.4, -0.2) is 13.2 Å². The van der Waals surface area contributed by atoms with Crippen LogP contribution < -0.4 is 10.1 Å². The Morgan fingerprint density at radius 3 is 2.62 bits per heavy atom. The first-order chi connectivity index (χ1) is 10.0. The molecule has 0 heterocycles. The van der Waals surface area contributed by atoms with E-state index in [1.807, 2.05) is 26.0 Å². The van der Waals surface area contributed by atoms with Gasteiger partial charge in [-0.1, -0.05) is 32.0 Å². The third-order valence-electron chi connectivity index (χ3n) is 3.63. The number of para-hydroxylation sites is 1. The van der Waals surface area contributed by atoms with Crippen molar-refractivity contribution in [3.8, 4) is 11.8 Å². The summed E-state index contributed by atoms with van der Waals surface area (Å²) in [6.45, 7) is 9.82. The molecule has 3 nitrogen and oxygen atoms in total. The zero-order chi connectivity index (χ0) is 15.7. The fourth-order valence-electron chi connectivity index (χ4n) is 2.16. The number of benzene rings is 1. The second-order valence-corrected chi connectivity index (χ2v) is 6.05. The lowest BCUT2D eigenvalue weighted by atomic mass is 9.92. The molecule has 1 N–H and O–H groups in total. The summed E-state index contributed by atoms with van der Waals surface area (Å²) in [7, 11) is 0. The first-order valence-corrected chi connectivity index (χ1v) is 7.90. The molecule has 116 valence electrons. The largest absolute Gasteiger partial charge is 0.493 e. The molecular weight excluding hydrogens is 260 g/mol. The van der Waals surface area contributed by atoms with Crippen LogP contribution in [0.5, 0.6) is 5.75 Å². The van der Waals surface area contributed by atoms with E-state index in [1.165, 1.54) is 5.56 Å². The van der Waals surface area contributed by atoms with Crippen molar-refractivity contribution in [1.82, 2.24) is 5.32 Å². The van der Waals surface area contributed by atoms with Crippen LogP contribution in [0.4, 0.5) is 0 Å². The summed E-state index contributed by atoms with van der Waals surface area (Å²) in [6, 6.07) is 10.8. The molecule has 1 aromatic rings. The van der Waals surface area contributed by atoms with Crippen LogP contribution in [-0.2, 0) is 0 Å². The molecule has 1 rings (SSSR count). The fraction of sp³-hybridized carbons (Fsp3) is 0.611. The molecule has 1 unspecified atom stereocenters. The van der Waals surface area contributed by atoms with Gasteiger partial charge in [0.25, 0.3) is 0 Å². The van der Waals surface area contributed by atoms with E-state index in [1.54, 1.807) is 0 Å². The summed E-state index contributed by atoms with van der Waals surface area (Å²) in [5.74, 6) is 0.932. The Kier molecular flexibility index (Phi) is 7.25. The van der Waals surface area contributed by atoms with E-state index in [0.29, 0.717) is 12.6 Å². The summed E-state index contributed by atoms with van der Waals surface area (Å²) in [4.78, 5) is 0. The third kappa shape index (κ3) is 5.77. The number of ether oxygens (including phenoxy) is 1. The molecular formula is C18H28N2O. The van der Waals surface area contributed by atoms with Crippen molar-refractivity contribution in [2.24, 2.45) is 5.41 Å². The molecule has 1 aromatic carbocycles. The number of nitrogens with one attached hydrogen (secondary N) is 1. The minimum Gasteiger partial charge on any atom is -0.493 e. The summed E-state index contributed by atoms with van der Waals surface area (Å²) in [5.41, 5.74) is 0.878. The van der Waals surface area contributed by atoms with Crippen molar-refractivity contribution in [3.63, 3.8) is 0 Å². The Labute approximate surface area is 129 Å². The lowest BCUT2D eigenvalue weighted by Crippen LogP contribution is -2.22. The molecule has 0 aromatic heterocycles. The standard InChI is InChI=1S/C18H28N2O/c1-5-12-20-16(6-2)15-9-7-8-10-17(15)21-13-11-18(3,4)14-19/h7-10,16,20H,5-6,11-13H2,1-4H3. The highest BCUT2D eigenvalue weighted by molar-refractivity contribution is 5.36. The van der Waals surface area contributed by atoms with Crippen LogP contribution in [0.25, 0.3) is 0 Å². The molecule has 0 spiro atoms. The van der Waals surface area contributed by atoms with Gasteiger partial charge in [0.2, 0.25) is 0 Å². The van der Waals surface area contributed by atoms with Crippen LogP contribution in [0, 0.1) is 16.7 Å². The molecule has 0 aliphatic rings. The van der Waals surface area contributed by atoms with Crippen LogP contribution >= 0.6 is 0 Å². The highest BCUT2D eigenvalue weighted by Crippen LogP contribution is 2.28. The van der Waals surface area contributed by atoms with Gasteiger partial charge < -0.3 is 10.1 Å². The van der Waals surface area contributed by atoms with Crippen LogP contribution in [0.15, 0.2) is 24.3 Å². The average Bonchev–Trinajstić information content (AvgIpc) is 2.49. The summed E-state index contributed by atoms with van der Waals surface area (Å²) < 4.78 is 5.95. The maximum absolute atomic E-state index is 9.05. The zero-order valence-corrected chi connectivity index (χ0v) is 13.8. The van der Waals surface area contributed by atoms with Crippen molar-refractivity contribution < 1.29 is 4.74 Å². The molecule has 0 fully saturated rings. The molecule has 21 heavy (non-hydrogen) atoms. The lowest BCUT2D eigenvalue weighted by Gasteiger charge is -2.21. The molecule has 0 bridgehead atoms. The van der Waals surface area contributed by atoms with Crippen molar-refractivity contribution >= 4 is 0 Å². The number of nitrogens with zero attached hydrogens (tertiary/aromatic N) is 1. The van der Waals surface area contributed by atoms with Crippen molar-refractivity contribution in [2.75, 3.05) is 13.2 Å². The van der Waals surface area contributed by atoms with Gasteiger partial charge in [0.1, 0.15) is 5.75 Å². The first kappa shape index (κ1) is 17.5. The molecule has 0 aliphatic carbocycles. The van der Waals surface area contributed by atoms with E-state index < -0.39 is 0 Å². The normalized spacial score (nSPS) is 12.7. The van der Waals surface area contributed by atoms with Crippen molar-refractivity contribution in [1.29, 1.82) is 5.26 Å². The second kappa shape index (κ2) is 8.69. The summed E-state index contributed by atoms with van der Waals surface area (Å²) in [5, 5.41) is 12.6. The molecule has 0 aliphatic heterocycles. The Hall–Kier alpha value is -1.53. The SMILES string of the molecule is CCCNC(CC)c1ccccc1OCCC(C)(C)C#N. The van der Waals surface area contributed by atoms with Gasteiger partial charge in [-0.05, 0) is 45.7 Å². The van der Waals surface area contributed by atoms with Gasteiger partial charge >= 0.3 is 0 Å². The van der Waals surface area contributed by atoms with Crippen LogP contribution in [0.3, 0.4) is 0 Å². The maximum Gasteiger partial charge on any atom is 0.124 e. The molecule has 0 amide bonds. The quantitative estimate of drug-likeness (QED) is 0.730. The molecule has 0 radical (unpaired) electrons. The smallest absolute Gasteiger partial charge is 0.124 e. The minimum absolute atomic E-state index is 0.324. The number of nitriles is 1. The maximum atomic E-state index is 9.05. The van der Waals surface area contributed by atoms with Gasteiger partial charge in [-0.25, -0.2) is 0 Å². The third-order valence-corrected chi connectivity index (χ3v) is 3.63. The van der Waals surface area contributed by atoms with Gasteiger partial charge in [0.05, 0.1) is 18.1 Å². The van der Waals surface area contributed by atoms with Gasteiger partial charge in [0.15, 0.2) is 0 Å². The van der Waals surface area contributed by atoms with Crippen molar-refractivity contribution in [3.05, 3.63) is 29.8 Å². The minimum atomic E-state index is -0.334. The van der Waals surface area contributed by atoms with Gasteiger partial charge in [0, 0.05) is 11.6 Å². The Morgan fingerprint density at radius 1 is 1.29 bits per heavy atom. The first-order valence-electron chi connectivity index (χ1n) is 7.90. The molecule has 1 atom stereocenters. The average molecular weight is 288 g/mol. The van der Waals surface area contributed by atoms with E-state index in [2.05, 4.69) is 37.4 Å². The van der Waals surface area contributed by atoms with E-state index >= 15 is 0 Å². The van der Waals surface area contributed by atoms with E-state index in [9.17, 15) is 0 Å². The Balaban J connectivity index is 2.72. The Bertz CT molecular complexity index is 463. The Morgan fingerprint density at radius 2 is 2.00 bits per heavy atom. The molecule has 0 saturated heterocycles. The topological polar surface area (TPSA) is 45.0 Å². The van der Waals surface area contributed by atoms with Crippen LogP contribution in [0.1, 0.15) is 58.6 Å². The predicted octanol–water partition coefficient (Wildman–Crippen LogP) is 4.46. The van der Waals surface area contributed by atoms with E-state index in [-0.39, 0.29) is 5.41 Å². The second-order valence-electron chi connectivity index (χ2n) is 6.05. The van der Waals surface area contributed by atoms with Crippen molar-refractivity contribution in [2.45, 2.75) is 53.0 Å². The summed E-state index contributed by atoms with van der Waals surface area (Å²) in [6.07, 6.45) is 2.89. The lowest BCUT2D eigenvalue weighted by molar-refractivity contribution is 0.260. The van der Waals surface area contributed by atoms with E-state index in [4.69, 9.17) is 10.00 Å². The van der Waals surface area contributed by atoms with Gasteiger partial charge in [-0.15, -0.1) is 0 Å². The predicted molar refractivity (Wildman–Crippen MR) is 87.3 cm³/mol. The fourth-order valence-corrected chi connectivity index (χ4v) is 2.16. The van der Waals surface area contributed by atoms with Gasteiger partial charge in [-0.3, -0.25) is 0 Å². The number of hydrogen-bond acceptors (Lipinski definition) is 3. The highest BCUT2D eigenvalue weighted by Gasteiger charge is 2.18.